The van der Waals surface area contributed by atoms with Gasteiger partial charge in [-0.2, -0.15) is 0 Å². The summed E-state index contributed by atoms with van der Waals surface area (Å²) in [6, 6.07) is 9.88. The van der Waals surface area contributed by atoms with Gasteiger partial charge >= 0.3 is 0 Å². The summed E-state index contributed by atoms with van der Waals surface area (Å²) >= 11 is 7.65. The standard InChI is InChI=1S/C19H21ClN4OS/c1-14-10-17(22-25-14)11-23-6-8-24(9-7-23)12-18-13-26-19(21-18)15-2-4-16(20)5-3-15/h2-5,10,13H,6-9,11-12H2,1H3. The molecule has 0 N–H and O–H groups in total. The van der Waals surface area contributed by atoms with Crippen molar-refractivity contribution in [2.75, 3.05) is 26.2 Å². The average molecular weight is 389 g/mol. The molecule has 7 heteroatoms. The molecular formula is C19H21ClN4OS. The van der Waals surface area contributed by atoms with Gasteiger partial charge in [-0.05, 0) is 19.1 Å². The van der Waals surface area contributed by atoms with Gasteiger partial charge in [0.25, 0.3) is 0 Å². The Morgan fingerprint density at radius 2 is 1.69 bits per heavy atom. The first-order chi connectivity index (χ1) is 12.7. The van der Waals surface area contributed by atoms with Crippen molar-refractivity contribution in [1.82, 2.24) is 19.9 Å². The molecule has 26 heavy (non-hydrogen) atoms. The molecule has 1 aromatic carbocycles. The second-order valence-electron chi connectivity index (χ2n) is 6.63. The van der Waals surface area contributed by atoms with Crippen molar-refractivity contribution in [1.29, 1.82) is 0 Å². The minimum atomic E-state index is 0.754. The molecule has 0 atom stereocenters. The number of thiazole rings is 1. The number of nitrogens with zero attached hydrogens (tertiary/aromatic N) is 4. The van der Waals surface area contributed by atoms with Crippen molar-refractivity contribution in [3.8, 4) is 10.6 Å². The first-order valence-corrected chi connectivity index (χ1v) is 9.99. The van der Waals surface area contributed by atoms with E-state index < -0.39 is 0 Å². The number of hydrogen-bond acceptors (Lipinski definition) is 6. The molecular weight excluding hydrogens is 368 g/mol. The Balaban J connectivity index is 1.30. The van der Waals surface area contributed by atoms with E-state index >= 15 is 0 Å². The Hall–Kier alpha value is -1.73. The van der Waals surface area contributed by atoms with Crippen LogP contribution in [0.15, 0.2) is 40.2 Å². The number of benzene rings is 1. The molecule has 5 nitrogen and oxygen atoms in total. The van der Waals surface area contributed by atoms with Gasteiger partial charge in [0, 0.05) is 61.3 Å². The third-order valence-electron chi connectivity index (χ3n) is 4.56. The second-order valence-corrected chi connectivity index (χ2v) is 7.93. The van der Waals surface area contributed by atoms with Gasteiger partial charge in [-0.3, -0.25) is 9.80 Å². The molecule has 1 aliphatic rings. The minimum Gasteiger partial charge on any atom is -0.361 e. The Morgan fingerprint density at radius 3 is 2.31 bits per heavy atom. The smallest absolute Gasteiger partial charge is 0.133 e. The molecule has 0 amide bonds. The van der Waals surface area contributed by atoms with Crippen LogP contribution in [0.3, 0.4) is 0 Å². The van der Waals surface area contributed by atoms with E-state index in [0.717, 1.165) is 72.0 Å². The van der Waals surface area contributed by atoms with Gasteiger partial charge in [0.1, 0.15) is 10.8 Å². The zero-order chi connectivity index (χ0) is 17.9. The van der Waals surface area contributed by atoms with Crippen molar-refractivity contribution in [2.45, 2.75) is 20.0 Å². The van der Waals surface area contributed by atoms with Crippen LogP contribution in [0.25, 0.3) is 10.6 Å². The summed E-state index contributed by atoms with van der Waals surface area (Å²) in [6.07, 6.45) is 0. The molecule has 0 bridgehead atoms. The number of aryl methyl sites for hydroxylation is 1. The summed E-state index contributed by atoms with van der Waals surface area (Å²) in [5.74, 6) is 0.874. The van der Waals surface area contributed by atoms with Crippen LogP contribution in [0, 0.1) is 6.92 Å². The number of halogens is 1. The molecule has 3 aromatic rings. The maximum absolute atomic E-state index is 5.96. The SMILES string of the molecule is Cc1cc(CN2CCN(Cc3csc(-c4ccc(Cl)cc4)n3)CC2)no1. The third kappa shape index (κ3) is 4.32. The van der Waals surface area contributed by atoms with Crippen molar-refractivity contribution < 1.29 is 4.52 Å². The molecule has 0 radical (unpaired) electrons. The fraction of sp³-hybridized carbons (Fsp3) is 0.368. The summed E-state index contributed by atoms with van der Waals surface area (Å²) in [6.45, 7) is 7.87. The van der Waals surface area contributed by atoms with Gasteiger partial charge in [0.15, 0.2) is 0 Å². The summed E-state index contributed by atoms with van der Waals surface area (Å²) in [5, 5.41) is 8.05. The minimum absolute atomic E-state index is 0.754. The molecule has 1 saturated heterocycles. The second kappa shape index (κ2) is 7.88. The molecule has 3 heterocycles. The van der Waals surface area contributed by atoms with E-state index in [1.807, 2.05) is 37.3 Å². The van der Waals surface area contributed by atoms with Crippen LogP contribution in [0.4, 0.5) is 0 Å². The summed E-state index contributed by atoms with van der Waals surface area (Å²) in [5.41, 5.74) is 3.28. The molecule has 4 rings (SSSR count). The molecule has 0 saturated carbocycles. The lowest BCUT2D eigenvalue weighted by Crippen LogP contribution is -2.45. The maximum Gasteiger partial charge on any atom is 0.133 e. The van der Waals surface area contributed by atoms with E-state index in [0.29, 0.717) is 0 Å². The largest absolute Gasteiger partial charge is 0.361 e. The van der Waals surface area contributed by atoms with Crippen LogP contribution in [-0.4, -0.2) is 46.1 Å². The van der Waals surface area contributed by atoms with E-state index in [2.05, 4.69) is 20.3 Å². The lowest BCUT2D eigenvalue weighted by molar-refractivity contribution is 0.119. The number of piperazine rings is 1. The maximum atomic E-state index is 5.96. The van der Waals surface area contributed by atoms with Crippen LogP contribution in [0.5, 0.6) is 0 Å². The Labute approximate surface area is 162 Å². The highest BCUT2D eigenvalue weighted by Crippen LogP contribution is 2.25. The van der Waals surface area contributed by atoms with Crippen LogP contribution in [-0.2, 0) is 13.1 Å². The monoisotopic (exact) mass is 388 g/mol. The molecule has 0 aliphatic carbocycles. The first kappa shape index (κ1) is 17.7. The number of aromatic nitrogens is 2. The Kier molecular flexibility index (Phi) is 5.36. The van der Waals surface area contributed by atoms with Crippen LogP contribution >= 0.6 is 22.9 Å². The van der Waals surface area contributed by atoms with Gasteiger partial charge in [-0.1, -0.05) is 28.9 Å². The lowest BCUT2D eigenvalue weighted by atomic mass is 10.2. The molecule has 0 unspecified atom stereocenters. The van der Waals surface area contributed by atoms with Crippen LogP contribution in [0.1, 0.15) is 17.1 Å². The molecule has 2 aromatic heterocycles. The topological polar surface area (TPSA) is 45.4 Å². The number of rotatable bonds is 5. The Morgan fingerprint density at radius 1 is 1.04 bits per heavy atom. The van der Waals surface area contributed by atoms with E-state index in [1.54, 1.807) is 11.3 Å². The Bertz CT molecular complexity index is 853. The predicted octanol–water partition coefficient (Wildman–Crippen LogP) is 4.08. The van der Waals surface area contributed by atoms with Gasteiger partial charge in [-0.25, -0.2) is 4.98 Å². The predicted molar refractivity (Wildman–Crippen MR) is 104 cm³/mol. The zero-order valence-electron chi connectivity index (χ0n) is 14.7. The van der Waals surface area contributed by atoms with Crippen molar-refractivity contribution in [3.05, 3.63) is 57.9 Å². The highest BCUT2D eigenvalue weighted by molar-refractivity contribution is 7.13. The van der Waals surface area contributed by atoms with Gasteiger partial charge in [-0.15, -0.1) is 11.3 Å². The van der Waals surface area contributed by atoms with Gasteiger partial charge in [0.05, 0.1) is 11.4 Å². The van der Waals surface area contributed by atoms with E-state index in [1.165, 1.54) is 0 Å². The van der Waals surface area contributed by atoms with Crippen LogP contribution in [0.2, 0.25) is 5.02 Å². The fourth-order valence-electron chi connectivity index (χ4n) is 3.16. The third-order valence-corrected chi connectivity index (χ3v) is 5.75. The first-order valence-electron chi connectivity index (χ1n) is 8.73. The number of hydrogen-bond donors (Lipinski definition) is 0. The van der Waals surface area contributed by atoms with E-state index in [9.17, 15) is 0 Å². The highest BCUT2D eigenvalue weighted by Gasteiger charge is 2.19. The molecule has 1 fully saturated rings. The molecule has 136 valence electrons. The summed E-state index contributed by atoms with van der Waals surface area (Å²) < 4.78 is 5.15. The van der Waals surface area contributed by atoms with E-state index in [-0.39, 0.29) is 0 Å². The summed E-state index contributed by atoms with van der Waals surface area (Å²) in [7, 11) is 0. The molecule has 0 spiro atoms. The highest BCUT2D eigenvalue weighted by atomic mass is 35.5. The fourth-order valence-corrected chi connectivity index (χ4v) is 4.10. The van der Waals surface area contributed by atoms with Crippen molar-refractivity contribution >= 4 is 22.9 Å². The van der Waals surface area contributed by atoms with E-state index in [4.69, 9.17) is 21.1 Å². The quantitative estimate of drug-likeness (QED) is 0.659. The van der Waals surface area contributed by atoms with Crippen molar-refractivity contribution in [3.63, 3.8) is 0 Å². The lowest BCUT2D eigenvalue weighted by Gasteiger charge is -2.33. The van der Waals surface area contributed by atoms with Crippen LogP contribution < -0.4 is 0 Å². The van der Waals surface area contributed by atoms with Gasteiger partial charge in [0.2, 0.25) is 0 Å². The van der Waals surface area contributed by atoms with Crippen molar-refractivity contribution in [2.24, 2.45) is 0 Å². The molecule has 1 aliphatic heterocycles. The normalized spacial score (nSPS) is 16.2. The zero-order valence-corrected chi connectivity index (χ0v) is 16.3. The average Bonchev–Trinajstić information content (AvgIpc) is 3.26. The van der Waals surface area contributed by atoms with Gasteiger partial charge < -0.3 is 4.52 Å². The summed E-state index contributed by atoms with van der Waals surface area (Å²) in [4.78, 5) is 9.68.